The summed E-state index contributed by atoms with van der Waals surface area (Å²) in [4.78, 5) is 4.61. The number of nitrogens with zero attached hydrogens (tertiary/aromatic N) is 3. The van der Waals surface area contributed by atoms with Crippen LogP contribution in [0.15, 0.2) is 18.2 Å². The fourth-order valence-corrected chi connectivity index (χ4v) is 2.50. The predicted molar refractivity (Wildman–Crippen MR) is 74.7 cm³/mol. The summed E-state index contributed by atoms with van der Waals surface area (Å²) >= 11 is 0. The Balaban J connectivity index is 2.06. The number of hydrogen-bond acceptors (Lipinski definition) is 3. The van der Waals surface area contributed by atoms with Gasteiger partial charge in [0, 0.05) is 37.9 Å². The molecule has 0 bridgehead atoms. The van der Waals surface area contributed by atoms with Crippen LogP contribution in [-0.2, 0) is 0 Å². The van der Waals surface area contributed by atoms with E-state index in [0.717, 1.165) is 38.3 Å². The van der Waals surface area contributed by atoms with E-state index in [2.05, 4.69) is 23.6 Å². The van der Waals surface area contributed by atoms with E-state index in [9.17, 15) is 4.39 Å². The van der Waals surface area contributed by atoms with Gasteiger partial charge in [-0.25, -0.2) is 4.39 Å². The highest BCUT2D eigenvalue weighted by Gasteiger charge is 2.20. The smallest absolute Gasteiger partial charge is 0.126 e. The summed E-state index contributed by atoms with van der Waals surface area (Å²) < 4.78 is 13.4. The van der Waals surface area contributed by atoms with Crippen molar-refractivity contribution in [3.05, 3.63) is 29.6 Å². The van der Waals surface area contributed by atoms with E-state index in [1.165, 1.54) is 12.1 Å². The molecule has 19 heavy (non-hydrogen) atoms. The molecule has 1 aliphatic rings. The van der Waals surface area contributed by atoms with E-state index in [1.54, 1.807) is 6.07 Å². The number of nitriles is 1. The summed E-state index contributed by atoms with van der Waals surface area (Å²) in [6, 6.07) is 7.16. The molecular formula is C15H20FN3. The minimum atomic E-state index is -0.335. The van der Waals surface area contributed by atoms with Crippen molar-refractivity contribution < 1.29 is 4.39 Å². The van der Waals surface area contributed by atoms with Crippen molar-refractivity contribution in [3.8, 4) is 6.07 Å². The zero-order valence-electron chi connectivity index (χ0n) is 11.6. The lowest BCUT2D eigenvalue weighted by Gasteiger charge is -2.39. The third-order valence-electron chi connectivity index (χ3n) is 3.91. The molecule has 3 nitrogen and oxygen atoms in total. The van der Waals surface area contributed by atoms with E-state index in [4.69, 9.17) is 5.26 Å². The number of halogens is 1. The van der Waals surface area contributed by atoms with Crippen LogP contribution in [0, 0.1) is 17.1 Å². The molecule has 1 atom stereocenters. The lowest BCUT2D eigenvalue weighted by atomic mass is 10.1. The third kappa shape index (κ3) is 3.24. The van der Waals surface area contributed by atoms with Crippen LogP contribution in [0.4, 0.5) is 10.1 Å². The second kappa shape index (κ2) is 6.03. The van der Waals surface area contributed by atoms with E-state index in [-0.39, 0.29) is 5.82 Å². The molecule has 1 heterocycles. The molecule has 0 spiro atoms. The van der Waals surface area contributed by atoms with Crippen molar-refractivity contribution in [2.45, 2.75) is 26.3 Å². The Kier molecular flexibility index (Phi) is 4.39. The highest BCUT2D eigenvalue weighted by Crippen LogP contribution is 2.20. The van der Waals surface area contributed by atoms with Crippen molar-refractivity contribution in [2.75, 3.05) is 31.1 Å². The van der Waals surface area contributed by atoms with Gasteiger partial charge in [-0.3, -0.25) is 4.90 Å². The van der Waals surface area contributed by atoms with Crippen LogP contribution in [0.1, 0.15) is 25.8 Å². The lowest BCUT2D eigenvalue weighted by molar-refractivity contribution is 0.193. The molecule has 1 aromatic rings. The molecule has 0 N–H and O–H groups in total. The SMILES string of the molecule is CCC(C)N1CCN(c2cc(F)cc(C#N)c2)CC1. The van der Waals surface area contributed by atoms with Crippen LogP contribution in [0.5, 0.6) is 0 Å². The van der Waals surface area contributed by atoms with Crippen LogP contribution in [0.3, 0.4) is 0 Å². The molecule has 2 rings (SSSR count). The molecule has 0 amide bonds. The Labute approximate surface area is 114 Å². The van der Waals surface area contributed by atoms with Gasteiger partial charge in [0.2, 0.25) is 0 Å². The van der Waals surface area contributed by atoms with Gasteiger partial charge in [0.1, 0.15) is 5.82 Å². The van der Waals surface area contributed by atoms with Gasteiger partial charge >= 0.3 is 0 Å². The molecule has 0 aliphatic carbocycles. The molecule has 1 aliphatic heterocycles. The first kappa shape index (κ1) is 13.8. The Bertz CT molecular complexity index is 473. The quantitative estimate of drug-likeness (QED) is 0.838. The maximum atomic E-state index is 13.4. The Hall–Kier alpha value is -1.60. The highest BCUT2D eigenvalue weighted by atomic mass is 19.1. The second-order valence-corrected chi connectivity index (χ2v) is 5.09. The molecule has 1 saturated heterocycles. The fourth-order valence-electron chi connectivity index (χ4n) is 2.50. The first-order valence-electron chi connectivity index (χ1n) is 6.83. The maximum absolute atomic E-state index is 13.4. The Morgan fingerprint density at radius 1 is 1.26 bits per heavy atom. The van der Waals surface area contributed by atoms with Gasteiger partial charge in [-0.1, -0.05) is 6.92 Å². The lowest BCUT2D eigenvalue weighted by Crippen LogP contribution is -2.49. The highest BCUT2D eigenvalue weighted by molar-refractivity contribution is 5.52. The Morgan fingerprint density at radius 2 is 1.95 bits per heavy atom. The molecule has 0 saturated carbocycles. The molecule has 4 heteroatoms. The number of anilines is 1. The molecule has 102 valence electrons. The minimum absolute atomic E-state index is 0.335. The summed E-state index contributed by atoms with van der Waals surface area (Å²) in [7, 11) is 0. The van der Waals surface area contributed by atoms with Crippen molar-refractivity contribution in [2.24, 2.45) is 0 Å². The third-order valence-corrected chi connectivity index (χ3v) is 3.91. The minimum Gasteiger partial charge on any atom is -0.369 e. The molecule has 1 unspecified atom stereocenters. The van der Waals surface area contributed by atoms with Gasteiger partial charge in [-0.05, 0) is 31.5 Å². The van der Waals surface area contributed by atoms with E-state index >= 15 is 0 Å². The molecule has 1 aromatic carbocycles. The number of hydrogen-bond donors (Lipinski definition) is 0. The topological polar surface area (TPSA) is 30.3 Å². The van der Waals surface area contributed by atoms with Gasteiger partial charge in [-0.15, -0.1) is 0 Å². The zero-order chi connectivity index (χ0) is 13.8. The summed E-state index contributed by atoms with van der Waals surface area (Å²) in [6.45, 7) is 8.20. The van der Waals surface area contributed by atoms with Gasteiger partial charge < -0.3 is 4.90 Å². The van der Waals surface area contributed by atoms with Crippen LogP contribution in [-0.4, -0.2) is 37.1 Å². The van der Waals surface area contributed by atoms with Crippen LogP contribution in [0.2, 0.25) is 0 Å². The van der Waals surface area contributed by atoms with Crippen molar-refractivity contribution >= 4 is 5.69 Å². The summed E-state index contributed by atoms with van der Waals surface area (Å²) in [6.07, 6.45) is 1.15. The standard InChI is InChI=1S/C15H20FN3/c1-3-12(2)18-4-6-19(7-5-18)15-9-13(11-17)8-14(16)10-15/h8-10,12H,3-7H2,1-2H3. The van der Waals surface area contributed by atoms with Crippen molar-refractivity contribution in [3.63, 3.8) is 0 Å². The summed E-state index contributed by atoms with van der Waals surface area (Å²) in [5, 5.41) is 8.89. The summed E-state index contributed by atoms with van der Waals surface area (Å²) in [5.74, 6) is -0.335. The van der Waals surface area contributed by atoms with Crippen LogP contribution >= 0.6 is 0 Å². The first-order valence-corrected chi connectivity index (χ1v) is 6.83. The number of benzene rings is 1. The van der Waals surface area contributed by atoms with E-state index in [0.29, 0.717) is 11.6 Å². The second-order valence-electron chi connectivity index (χ2n) is 5.09. The Morgan fingerprint density at radius 3 is 2.53 bits per heavy atom. The largest absolute Gasteiger partial charge is 0.369 e. The van der Waals surface area contributed by atoms with Crippen LogP contribution in [0.25, 0.3) is 0 Å². The molecule has 0 radical (unpaired) electrons. The normalized spacial score (nSPS) is 18.1. The average Bonchev–Trinajstić information content (AvgIpc) is 2.46. The number of rotatable bonds is 3. The van der Waals surface area contributed by atoms with Gasteiger partial charge in [0.15, 0.2) is 0 Å². The molecule has 1 fully saturated rings. The van der Waals surface area contributed by atoms with E-state index < -0.39 is 0 Å². The van der Waals surface area contributed by atoms with Crippen molar-refractivity contribution in [1.82, 2.24) is 4.90 Å². The maximum Gasteiger partial charge on any atom is 0.126 e. The predicted octanol–water partition coefficient (Wildman–Crippen LogP) is 2.62. The fraction of sp³-hybridized carbons (Fsp3) is 0.533. The molecular weight excluding hydrogens is 241 g/mol. The zero-order valence-corrected chi connectivity index (χ0v) is 11.6. The monoisotopic (exact) mass is 261 g/mol. The van der Waals surface area contributed by atoms with Crippen LogP contribution < -0.4 is 4.90 Å². The van der Waals surface area contributed by atoms with Gasteiger partial charge in [0.25, 0.3) is 0 Å². The van der Waals surface area contributed by atoms with E-state index in [1.807, 2.05) is 6.07 Å². The number of piperazine rings is 1. The average molecular weight is 261 g/mol. The summed E-state index contributed by atoms with van der Waals surface area (Å²) in [5.41, 5.74) is 1.21. The van der Waals surface area contributed by atoms with Crippen molar-refractivity contribution in [1.29, 1.82) is 5.26 Å². The van der Waals surface area contributed by atoms with Gasteiger partial charge in [-0.2, -0.15) is 5.26 Å². The first-order chi connectivity index (χ1) is 9.13. The molecule has 0 aromatic heterocycles. The van der Waals surface area contributed by atoms with Gasteiger partial charge in [0.05, 0.1) is 11.6 Å².